The summed E-state index contributed by atoms with van der Waals surface area (Å²) in [5.41, 5.74) is 0. The quantitative estimate of drug-likeness (QED) is 0.377. The largest absolute Gasteiger partial charge is 0.401 e. The Labute approximate surface area is 195 Å². The van der Waals surface area contributed by atoms with Gasteiger partial charge in [-0.05, 0) is 22.3 Å². The minimum absolute atomic E-state index is 0.0808. The van der Waals surface area contributed by atoms with Crippen LogP contribution in [0.2, 0.25) is 5.04 Å². The van der Waals surface area contributed by atoms with E-state index in [-0.39, 0.29) is 23.2 Å². The Morgan fingerprint density at radius 2 is 1.50 bits per heavy atom. The molecule has 2 nitrogen and oxygen atoms in total. The number of benzene rings is 2. The van der Waals surface area contributed by atoms with E-state index in [1.165, 1.54) is 10.4 Å². The number of allylic oxidation sites excluding steroid dienone is 5. The van der Waals surface area contributed by atoms with Gasteiger partial charge in [0.25, 0.3) is 8.32 Å². The summed E-state index contributed by atoms with van der Waals surface area (Å²) in [5.74, 6) is 0.173. The zero-order valence-corrected chi connectivity index (χ0v) is 20.8. The average Bonchev–Trinajstić information content (AvgIpc) is 3.17. The SMILES string of the molecule is C=C/C=C\[C@@H]1OC[C@H](/C=C/C=C/C)[C@H]1O[Si](c1ccccc1)(c1ccccc1)C(C)(C)C. The van der Waals surface area contributed by atoms with Crippen LogP contribution >= 0.6 is 0 Å². The lowest BCUT2D eigenvalue weighted by Gasteiger charge is -2.45. The van der Waals surface area contributed by atoms with Crippen LogP contribution in [0.15, 0.2) is 110 Å². The molecule has 1 aliphatic rings. The van der Waals surface area contributed by atoms with E-state index >= 15 is 0 Å². The first-order valence-electron chi connectivity index (χ1n) is 11.4. The van der Waals surface area contributed by atoms with Gasteiger partial charge in [-0.1, -0.05) is 131 Å². The van der Waals surface area contributed by atoms with Gasteiger partial charge in [-0.15, -0.1) is 0 Å². The van der Waals surface area contributed by atoms with E-state index in [9.17, 15) is 0 Å². The molecule has 0 aliphatic carbocycles. The molecule has 1 saturated heterocycles. The smallest absolute Gasteiger partial charge is 0.261 e. The first-order valence-corrected chi connectivity index (χ1v) is 13.3. The van der Waals surface area contributed by atoms with Gasteiger partial charge in [-0.25, -0.2) is 0 Å². The number of hydrogen-bond donors (Lipinski definition) is 0. The highest BCUT2D eigenvalue weighted by Crippen LogP contribution is 2.40. The number of rotatable bonds is 8. The van der Waals surface area contributed by atoms with E-state index < -0.39 is 8.32 Å². The standard InChI is InChI=1S/C29H36O2Si/c1-6-8-12-17-24-23-30-27(22-9-7-2)28(24)31-32(29(3,4)5,25-18-13-10-14-19-25)26-20-15-11-16-21-26/h6-22,24,27-28H,2,23H2,1,3-5H3/b8-6+,17-12+,22-9-/t24-,27-,28+/m0/s1. The minimum Gasteiger partial charge on any atom is -0.401 e. The summed E-state index contributed by atoms with van der Waals surface area (Å²) in [6.45, 7) is 13.5. The Bertz CT molecular complexity index is 899. The lowest BCUT2D eigenvalue weighted by atomic mass is 10.0. The van der Waals surface area contributed by atoms with Crippen molar-refractivity contribution in [2.75, 3.05) is 6.61 Å². The third-order valence-electron chi connectivity index (χ3n) is 6.06. The Hall–Kier alpha value is -2.46. The molecular formula is C29H36O2Si. The van der Waals surface area contributed by atoms with Crippen LogP contribution in [0.3, 0.4) is 0 Å². The maximum atomic E-state index is 7.44. The van der Waals surface area contributed by atoms with Gasteiger partial charge < -0.3 is 9.16 Å². The molecule has 0 unspecified atom stereocenters. The van der Waals surface area contributed by atoms with E-state index in [0.29, 0.717) is 6.61 Å². The van der Waals surface area contributed by atoms with Crippen molar-refractivity contribution < 1.29 is 9.16 Å². The molecule has 0 amide bonds. The van der Waals surface area contributed by atoms with Gasteiger partial charge >= 0.3 is 0 Å². The van der Waals surface area contributed by atoms with Crippen LogP contribution in [0.5, 0.6) is 0 Å². The molecule has 0 spiro atoms. The van der Waals surface area contributed by atoms with E-state index in [4.69, 9.17) is 9.16 Å². The van der Waals surface area contributed by atoms with E-state index in [2.05, 4.69) is 112 Å². The molecule has 3 atom stereocenters. The van der Waals surface area contributed by atoms with E-state index in [1.54, 1.807) is 6.08 Å². The molecule has 0 radical (unpaired) electrons. The van der Waals surface area contributed by atoms with Crippen molar-refractivity contribution in [1.29, 1.82) is 0 Å². The molecule has 32 heavy (non-hydrogen) atoms. The first kappa shape index (κ1) is 24.2. The molecule has 1 heterocycles. The summed E-state index contributed by atoms with van der Waals surface area (Å²) in [7, 11) is -2.68. The highest BCUT2D eigenvalue weighted by Gasteiger charge is 2.53. The van der Waals surface area contributed by atoms with Crippen LogP contribution < -0.4 is 10.4 Å². The second-order valence-corrected chi connectivity index (χ2v) is 13.5. The van der Waals surface area contributed by atoms with Crippen LogP contribution in [-0.4, -0.2) is 27.1 Å². The third kappa shape index (κ3) is 5.12. The Balaban J connectivity index is 2.17. The van der Waals surface area contributed by atoms with Crippen molar-refractivity contribution in [3.63, 3.8) is 0 Å². The molecule has 3 rings (SSSR count). The molecule has 0 aromatic heterocycles. The van der Waals surface area contributed by atoms with Crippen LogP contribution in [0, 0.1) is 5.92 Å². The van der Waals surface area contributed by atoms with Crippen LogP contribution in [0.1, 0.15) is 27.7 Å². The van der Waals surface area contributed by atoms with E-state index in [1.807, 2.05) is 19.1 Å². The van der Waals surface area contributed by atoms with Gasteiger partial charge in [-0.2, -0.15) is 0 Å². The van der Waals surface area contributed by atoms with Gasteiger partial charge in [0.05, 0.1) is 12.7 Å². The molecule has 0 N–H and O–H groups in total. The molecule has 1 aliphatic heterocycles. The Morgan fingerprint density at radius 1 is 0.906 bits per heavy atom. The van der Waals surface area contributed by atoms with Crippen molar-refractivity contribution in [1.82, 2.24) is 0 Å². The summed E-state index contributed by atoms with van der Waals surface area (Å²) in [6, 6.07) is 21.6. The van der Waals surface area contributed by atoms with Gasteiger partial charge in [-0.3, -0.25) is 0 Å². The van der Waals surface area contributed by atoms with Crippen molar-refractivity contribution in [3.8, 4) is 0 Å². The van der Waals surface area contributed by atoms with Crippen molar-refractivity contribution in [3.05, 3.63) is 110 Å². The molecule has 0 bridgehead atoms. The maximum Gasteiger partial charge on any atom is 0.261 e. The van der Waals surface area contributed by atoms with Crippen LogP contribution in [0.4, 0.5) is 0 Å². The molecule has 2 aromatic carbocycles. The van der Waals surface area contributed by atoms with Crippen molar-refractivity contribution >= 4 is 18.7 Å². The van der Waals surface area contributed by atoms with Gasteiger partial charge in [0.1, 0.15) is 6.10 Å². The van der Waals surface area contributed by atoms with Crippen molar-refractivity contribution in [2.24, 2.45) is 5.92 Å². The zero-order valence-electron chi connectivity index (χ0n) is 19.8. The molecular weight excluding hydrogens is 408 g/mol. The Kier molecular flexibility index (Phi) is 8.24. The summed E-state index contributed by atoms with van der Waals surface area (Å²) in [5, 5.41) is 2.49. The van der Waals surface area contributed by atoms with E-state index in [0.717, 1.165) is 0 Å². The van der Waals surface area contributed by atoms with Gasteiger partial charge in [0.2, 0.25) is 0 Å². The fourth-order valence-electron chi connectivity index (χ4n) is 4.54. The summed E-state index contributed by atoms with van der Waals surface area (Å²) < 4.78 is 13.7. The molecule has 3 heteroatoms. The first-order chi connectivity index (χ1) is 15.4. The predicted octanol–water partition coefficient (Wildman–Crippen LogP) is 5.82. The van der Waals surface area contributed by atoms with Gasteiger partial charge in [0.15, 0.2) is 0 Å². The topological polar surface area (TPSA) is 18.5 Å². The molecule has 1 fully saturated rings. The zero-order chi connectivity index (χ0) is 23.0. The van der Waals surface area contributed by atoms with Crippen LogP contribution in [0.25, 0.3) is 0 Å². The van der Waals surface area contributed by atoms with Gasteiger partial charge in [0, 0.05) is 5.92 Å². The van der Waals surface area contributed by atoms with Crippen molar-refractivity contribution in [2.45, 2.75) is 44.9 Å². The fourth-order valence-corrected chi connectivity index (χ4v) is 9.27. The summed E-state index contributed by atoms with van der Waals surface area (Å²) >= 11 is 0. The lowest BCUT2D eigenvalue weighted by molar-refractivity contribution is 0.0806. The second-order valence-electron chi connectivity index (χ2n) is 9.24. The maximum absolute atomic E-state index is 7.44. The second kappa shape index (κ2) is 10.9. The molecule has 2 aromatic rings. The summed E-state index contributed by atoms with van der Waals surface area (Å²) in [6.07, 6.45) is 14.1. The third-order valence-corrected chi connectivity index (χ3v) is 11.1. The number of hydrogen-bond acceptors (Lipinski definition) is 2. The fraction of sp³-hybridized carbons (Fsp3) is 0.310. The minimum atomic E-state index is -2.68. The Morgan fingerprint density at radius 3 is 2.00 bits per heavy atom. The molecule has 0 saturated carbocycles. The predicted molar refractivity (Wildman–Crippen MR) is 139 cm³/mol. The lowest BCUT2D eigenvalue weighted by Crippen LogP contribution is -2.68. The highest BCUT2D eigenvalue weighted by atomic mass is 28.4. The monoisotopic (exact) mass is 444 g/mol. The summed E-state index contributed by atoms with van der Waals surface area (Å²) in [4.78, 5) is 0. The highest BCUT2D eigenvalue weighted by molar-refractivity contribution is 6.99. The molecule has 168 valence electrons. The normalized spacial score (nSPS) is 22.3. The van der Waals surface area contributed by atoms with Crippen LogP contribution in [-0.2, 0) is 9.16 Å². The number of ether oxygens (including phenoxy) is 1. The average molecular weight is 445 g/mol.